The Morgan fingerprint density at radius 1 is 1.19 bits per heavy atom. The number of carbonyl (C=O) groups excluding carboxylic acids is 2. The summed E-state index contributed by atoms with van der Waals surface area (Å²) in [5.74, 6) is -2.54. The third-order valence-corrected chi connectivity index (χ3v) is 11.3. The quantitative estimate of drug-likeness (QED) is 0.338. The first kappa shape index (κ1) is 23.3. The average Bonchev–Trinajstić information content (AvgIpc) is 3.01. The van der Waals surface area contributed by atoms with Gasteiger partial charge in [-0.15, -0.1) is 0 Å². The fourth-order valence-electron chi connectivity index (χ4n) is 10.1. The summed E-state index contributed by atoms with van der Waals surface area (Å²) < 4.78 is 30.1. The second-order valence-electron chi connectivity index (χ2n) is 12.3. The number of fused-ring (bicyclic) bond motifs is 1. The number of esters is 1. The number of methoxy groups -OCH3 is 1. The van der Waals surface area contributed by atoms with Crippen LogP contribution in [-0.2, 0) is 33.3 Å². The molecule has 12 atom stereocenters. The van der Waals surface area contributed by atoms with Crippen molar-refractivity contribution in [2.75, 3.05) is 7.11 Å². The van der Waals surface area contributed by atoms with E-state index < -0.39 is 58.2 Å². The Morgan fingerprint density at radius 3 is 2.72 bits per heavy atom. The van der Waals surface area contributed by atoms with E-state index in [9.17, 15) is 19.8 Å². The lowest BCUT2D eigenvalue weighted by molar-refractivity contribution is -0.544. The fraction of sp³-hybridized carbons (Fsp3) is 0.778. The molecule has 0 aromatic carbocycles. The molecule has 4 aliphatic carbocycles. The number of allylic oxidation sites excluding steroid dienone is 2. The Balaban J connectivity index is 1.35. The maximum atomic E-state index is 13.2. The maximum absolute atomic E-state index is 13.2. The van der Waals surface area contributed by atoms with E-state index >= 15 is 0 Å². The topological polar surface area (TPSA) is 121 Å². The molecule has 1 spiro atoms. The monoisotopic (exact) mass is 502 g/mol. The Kier molecular flexibility index (Phi) is 4.54. The van der Waals surface area contributed by atoms with Crippen LogP contribution in [0.1, 0.15) is 52.4 Å². The van der Waals surface area contributed by atoms with Crippen LogP contribution in [0.2, 0.25) is 0 Å². The van der Waals surface area contributed by atoms with Crippen LogP contribution < -0.4 is 0 Å². The highest BCUT2D eigenvalue weighted by molar-refractivity contribution is 5.82. The second-order valence-corrected chi connectivity index (χ2v) is 12.3. The first-order valence-electron chi connectivity index (χ1n) is 13.1. The van der Waals surface area contributed by atoms with Gasteiger partial charge in [0.15, 0.2) is 0 Å². The highest BCUT2D eigenvalue weighted by Crippen LogP contribution is 2.75. The Hall–Kier alpha value is -1.78. The molecule has 6 bridgehead atoms. The number of hydrogen-bond acceptors (Lipinski definition) is 9. The molecule has 4 saturated carbocycles. The Morgan fingerprint density at radius 2 is 2.00 bits per heavy atom. The first-order valence-corrected chi connectivity index (χ1v) is 13.1. The average molecular weight is 503 g/mol. The van der Waals surface area contributed by atoms with Gasteiger partial charge in [0.05, 0.1) is 48.8 Å². The minimum absolute atomic E-state index is 0.0601. The van der Waals surface area contributed by atoms with Crippen molar-refractivity contribution in [1.82, 2.24) is 0 Å². The minimum Gasteiger partial charge on any atom is -0.494 e. The zero-order valence-electron chi connectivity index (χ0n) is 20.8. The van der Waals surface area contributed by atoms with Gasteiger partial charge in [-0.1, -0.05) is 6.92 Å². The van der Waals surface area contributed by atoms with E-state index in [0.717, 1.165) is 18.3 Å². The molecular weight excluding hydrogens is 468 g/mol. The molecule has 0 amide bonds. The molecule has 4 aliphatic heterocycles. The molecule has 0 aromatic heterocycles. The van der Waals surface area contributed by atoms with Crippen LogP contribution in [0.4, 0.5) is 0 Å². The second kappa shape index (κ2) is 6.99. The van der Waals surface area contributed by atoms with Gasteiger partial charge in [0.2, 0.25) is 0 Å². The third kappa shape index (κ3) is 2.37. The van der Waals surface area contributed by atoms with Crippen LogP contribution in [0, 0.1) is 28.6 Å². The molecule has 196 valence electrons. The molecule has 4 heterocycles. The summed E-state index contributed by atoms with van der Waals surface area (Å²) in [6.45, 7) is 3.75. The smallest absolute Gasteiger partial charge is 0.330 e. The van der Waals surface area contributed by atoms with Gasteiger partial charge in [0.1, 0.15) is 11.9 Å². The van der Waals surface area contributed by atoms with Crippen LogP contribution >= 0.6 is 0 Å². The first-order chi connectivity index (χ1) is 17.1. The van der Waals surface area contributed by atoms with E-state index in [2.05, 4.69) is 0 Å². The van der Waals surface area contributed by atoms with Crippen LogP contribution in [-0.4, -0.2) is 71.2 Å². The molecule has 1 unspecified atom stereocenters. The summed E-state index contributed by atoms with van der Waals surface area (Å²) in [4.78, 5) is 25.0. The van der Waals surface area contributed by atoms with Gasteiger partial charge in [-0.05, 0) is 43.3 Å². The van der Waals surface area contributed by atoms with Gasteiger partial charge in [-0.3, -0.25) is 0 Å². The van der Waals surface area contributed by atoms with Crippen molar-refractivity contribution in [1.29, 1.82) is 0 Å². The van der Waals surface area contributed by atoms with E-state index in [4.69, 9.17) is 23.7 Å². The van der Waals surface area contributed by atoms with Gasteiger partial charge >= 0.3 is 5.97 Å². The molecule has 0 radical (unpaired) electrons. The van der Waals surface area contributed by atoms with Crippen molar-refractivity contribution in [2.24, 2.45) is 28.6 Å². The zero-order valence-corrected chi connectivity index (χ0v) is 20.8. The Bertz CT molecular complexity index is 1090. The van der Waals surface area contributed by atoms with Gasteiger partial charge in [-0.25, -0.2) is 4.79 Å². The van der Waals surface area contributed by atoms with E-state index in [0.29, 0.717) is 32.1 Å². The number of aldehydes is 1. The summed E-state index contributed by atoms with van der Waals surface area (Å²) in [5, 5.41) is 23.8. The molecule has 2 N–H and O–H groups in total. The summed E-state index contributed by atoms with van der Waals surface area (Å²) in [6.07, 6.45) is 6.76. The predicted molar refractivity (Wildman–Crippen MR) is 122 cm³/mol. The molecule has 7 fully saturated rings. The summed E-state index contributed by atoms with van der Waals surface area (Å²) >= 11 is 0. The van der Waals surface area contributed by atoms with E-state index in [1.165, 1.54) is 13.2 Å². The highest BCUT2D eigenvalue weighted by atomic mass is 16.9. The predicted octanol–water partition coefficient (Wildman–Crippen LogP) is 1.75. The maximum Gasteiger partial charge on any atom is 0.330 e. The number of ether oxygens (including phenoxy) is 5. The molecule has 0 aromatic rings. The lowest BCUT2D eigenvalue weighted by atomic mass is 9.39. The van der Waals surface area contributed by atoms with Crippen LogP contribution in [0.3, 0.4) is 0 Å². The summed E-state index contributed by atoms with van der Waals surface area (Å²) in [6, 6.07) is 0. The molecular formula is C27H34O9. The highest BCUT2D eigenvalue weighted by Gasteiger charge is 2.83. The van der Waals surface area contributed by atoms with E-state index in [1.54, 1.807) is 19.3 Å². The van der Waals surface area contributed by atoms with Gasteiger partial charge in [0.25, 0.3) is 5.97 Å². The molecule has 3 saturated heterocycles. The lowest BCUT2D eigenvalue weighted by Crippen LogP contribution is -2.84. The number of rotatable bonds is 3. The van der Waals surface area contributed by atoms with Crippen molar-refractivity contribution < 1.29 is 43.5 Å². The number of aliphatic hydroxyl groups is 2. The van der Waals surface area contributed by atoms with Gasteiger partial charge in [0, 0.05) is 43.1 Å². The van der Waals surface area contributed by atoms with Crippen LogP contribution in [0.5, 0.6) is 0 Å². The van der Waals surface area contributed by atoms with Crippen LogP contribution in [0.25, 0.3) is 0 Å². The number of carbonyl (C=O) groups is 2. The zero-order chi connectivity index (χ0) is 25.3. The standard InChI is InChI=1S/C27H34O9/c1-23-16-7-9-27(23,33-12-14(16)4-5-19(29)32-3)17-6-8-25-11-15-10-18(35-24(2,34-15)36-25)26(25,13-28)20(17)21(30)22(23)31/h4-5,12-13,15-18,20-22,30-31H,6-11H2,1-3H3/b5-4-/t15-,16+,17+,18+,20+,21-,22?,23-,24+,25-,26+,27+/m0/s1. The van der Waals surface area contributed by atoms with E-state index in [-0.39, 0.29) is 17.9 Å². The van der Waals surface area contributed by atoms with Crippen molar-refractivity contribution in [3.8, 4) is 0 Å². The SMILES string of the molecule is COC(=O)/C=C\C1=CO[C@@]23CC[C@H]1[C@@]2(C)C(O)[C@@H](O)[C@H]1[C@H]3CC[C@@]23C[C@@H]4C[C@@H](O[C@@](C)(O4)O2)[C@]13C=O. The molecule has 9 heteroatoms. The molecule has 8 aliphatic rings. The van der Waals surface area contributed by atoms with Crippen molar-refractivity contribution in [3.05, 3.63) is 24.0 Å². The van der Waals surface area contributed by atoms with E-state index in [1.807, 2.05) is 6.92 Å². The lowest BCUT2D eigenvalue weighted by Gasteiger charge is -2.74. The number of aliphatic hydroxyl groups excluding tert-OH is 2. The van der Waals surface area contributed by atoms with Crippen LogP contribution in [0.15, 0.2) is 24.0 Å². The number of hydrogen-bond donors (Lipinski definition) is 2. The van der Waals surface area contributed by atoms with Gasteiger partial charge in [-0.2, -0.15) is 0 Å². The summed E-state index contributed by atoms with van der Waals surface area (Å²) in [5.41, 5.74) is -2.67. The van der Waals surface area contributed by atoms with Gasteiger partial charge < -0.3 is 38.7 Å². The van der Waals surface area contributed by atoms with Crippen molar-refractivity contribution in [2.45, 2.75) is 94.0 Å². The fourth-order valence-corrected chi connectivity index (χ4v) is 10.1. The molecule has 8 rings (SSSR count). The summed E-state index contributed by atoms with van der Waals surface area (Å²) in [7, 11) is 1.32. The largest absolute Gasteiger partial charge is 0.494 e. The van der Waals surface area contributed by atoms with Crippen molar-refractivity contribution >= 4 is 12.3 Å². The third-order valence-electron chi connectivity index (χ3n) is 11.3. The Labute approximate surface area is 209 Å². The molecule has 9 nitrogen and oxygen atoms in total. The minimum atomic E-state index is -1.19. The van der Waals surface area contributed by atoms with Crippen molar-refractivity contribution in [3.63, 3.8) is 0 Å². The molecule has 36 heavy (non-hydrogen) atoms. The normalized spacial score (nSPS) is 57.9.